The van der Waals surface area contributed by atoms with Crippen molar-refractivity contribution < 1.29 is 23.9 Å². The zero-order valence-electron chi connectivity index (χ0n) is 15.9. The molecule has 150 valence electrons. The Kier molecular flexibility index (Phi) is 8.48. The number of carbonyl (C=O) groups excluding carboxylic acids is 3. The van der Waals surface area contributed by atoms with Crippen LogP contribution in [0.3, 0.4) is 0 Å². The highest BCUT2D eigenvalue weighted by Gasteiger charge is 2.20. The molecule has 2 aromatic rings. The van der Waals surface area contributed by atoms with Crippen molar-refractivity contribution in [2.45, 2.75) is 25.8 Å². The second-order valence-electron chi connectivity index (χ2n) is 5.92. The summed E-state index contributed by atoms with van der Waals surface area (Å²) < 4.78 is 10.2. The van der Waals surface area contributed by atoms with Crippen molar-refractivity contribution in [1.29, 1.82) is 0 Å². The molecule has 2 rings (SSSR count). The first-order chi connectivity index (χ1) is 13.5. The number of benzene rings is 1. The summed E-state index contributed by atoms with van der Waals surface area (Å²) in [5.41, 5.74) is 1.31. The molecule has 0 fully saturated rings. The number of thiophene rings is 1. The second-order valence-corrected chi connectivity index (χ2v) is 6.70. The van der Waals surface area contributed by atoms with E-state index in [1.54, 1.807) is 43.7 Å². The van der Waals surface area contributed by atoms with Crippen molar-refractivity contribution in [3.05, 3.63) is 52.2 Å². The Balaban J connectivity index is 1.95. The first kappa shape index (κ1) is 21.4. The van der Waals surface area contributed by atoms with Gasteiger partial charge in [-0.3, -0.25) is 14.4 Å². The highest BCUT2D eigenvalue weighted by atomic mass is 32.1. The summed E-state index contributed by atoms with van der Waals surface area (Å²) in [7, 11) is 1.55. The number of ether oxygens (including phenoxy) is 2. The zero-order chi connectivity index (χ0) is 20.4. The largest absolute Gasteiger partial charge is 0.497 e. The Morgan fingerprint density at radius 3 is 2.71 bits per heavy atom. The lowest BCUT2D eigenvalue weighted by atomic mass is 10.0. The predicted molar refractivity (Wildman–Crippen MR) is 106 cm³/mol. The van der Waals surface area contributed by atoms with Gasteiger partial charge in [-0.15, -0.1) is 0 Å². The van der Waals surface area contributed by atoms with E-state index in [0.29, 0.717) is 11.3 Å². The molecule has 0 aliphatic carbocycles. The van der Waals surface area contributed by atoms with Gasteiger partial charge in [-0.25, -0.2) is 0 Å². The van der Waals surface area contributed by atoms with Crippen LogP contribution in [0.5, 0.6) is 5.75 Å². The topological polar surface area (TPSA) is 93.7 Å². The summed E-state index contributed by atoms with van der Waals surface area (Å²) in [5, 5.41) is 9.10. The molecule has 28 heavy (non-hydrogen) atoms. The lowest BCUT2D eigenvalue weighted by Gasteiger charge is -2.19. The number of esters is 1. The Labute approximate surface area is 168 Å². The van der Waals surface area contributed by atoms with E-state index in [4.69, 9.17) is 9.47 Å². The van der Waals surface area contributed by atoms with Gasteiger partial charge in [0, 0.05) is 23.9 Å². The third kappa shape index (κ3) is 6.70. The van der Waals surface area contributed by atoms with Gasteiger partial charge in [0.05, 0.1) is 26.2 Å². The molecule has 0 bridgehead atoms. The maximum absolute atomic E-state index is 12.3. The minimum atomic E-state index is -0.547. The van der Waals surface area contributed by atoms with E-state index in [2.05, 4.69) is 10.6 Å². The second kappa shape index (κ2) is 11.1. The van der Waals surface area contributed by atoms with Gasteiger partial charge in [0.25, 0.3) is 5.91 Å². The summed E-state index contributed by atoms with van der Waals surface area (Å²) in [6.45, 7) is 2.20. The molecular weight excluding hydrogens is 380 g/mol. The maximum atomic E-state index is 12.3. The maximum Gasteiger partial charge on any atom is 0.308 e. The van der Waals surface area contributed by atoms with Gasteiger partial charge in [0.15, 0.2) is 0 Å². The quantitative estimate of drug-likeness (QED) is 0.594. The van der Waals surface area contributed by atoms with E-state index in [-0.39, 0.29) is 37.8 Å². The van der Waals surface area contributed by atoms with Crippen molar-refractivity contribution >= 4 is 29.1 Å². The first-order valence-corrected chi connectivity index (χ1v) is 9.87. The Morgan fingerprint density at radius 1 is 1.21 bits per heavy atom. The van der Waals surface area contributed by atoms with Crippen LogP contribution in [0, 0.1) is 0 Å². The van der Waals surface area contributed by atoms with E-state index in [1.807, 2.05) is 11.4 Å². The molecule has 1 heterocycles. The molecule has 1 aromatic carbocycles. The van der Waals surface area contributed by atoms with Crippen molar-refractivity contribution in [2.24, 2.45) is 0 Å². The lowest BCUT2D eigenvalue weighted by molar-refractivity contribution is -0.143. The van der Waals surface area contributed by atoms with Crippen LogP contribution in [-0.2, 0) is 14.3 Å². The average Bonchev–Trinajstić information content (AvgIpc) is 3.22. The molecule has 0 aliphatic rings. The summed E-state index contributed by atoms with van der Waals surface area (Å²) in [4.78, 5) is 36.2. The molecule has 7 nitrogen and oxygen atoms in total. The summed E-state index contributed by atoms with van der Waals surface area (Å²) in [5.74, 6) is -0.266. The minimum Gasteiger partial charge on any atom is -0.497 e. The van der Waals surface area contributed by atoms with Gasteiger partial charge in [-0.1, -0.05) is 12.1 Å². The van der Waals surface area contributed by atoms with E-state index in [9.17, 15) is 14.4 Å². The van der Waals surface area contributed by atoms with Gasteiger partial charge >= 0.3 is 5.97 Å². The molecular formula is C20H24N2O5S. The number of hydrogen-bond acceptors (Lipinski definition) is 6. The lowest BCUT2D eigenvalue weighted by Crippen LogP contribution is -2.34. The molecule has 0 saturated heterocycles. The smallest absolute Gasteiger partial charge is 0.308 e. The van der Waals surface area contributed by atoms with Gasteiger partial charge in [0.2, 0.25) is 5.91 Å². The minimum absolute atomic E-state index is 0.00795. The third-order valence-corrected chi connectivity index (χ3v) is 4.61. The van der Waals surface area contributed by atoms with E-state index >= 15 is 0 Å². The highest BCUT2D eigenvalue weighted by molar-refractivity contribution is 7.08. The van der Waals surface area contributed by atoms with Crippen LogP contribution in [0.15, 0.2) is 41.1 Å². The van der Waals surface area contributed by atoms with Crippen molar-refractivity contribution in [3.63, 3.8) is 0 Å². The van der Waals surface area contributed by atoms with Crippen molar-refractivity contribution in [1.82, 2.24) is 10.6 Å². The Bertz CT molecular complexity index is 792. The standard InChI is InChI=1S/C20H24N2O5S/c1-3-27-19(24)12-17(14-5-4-6-16(11-14)26-2)22-18(23)7-9-21-20(25)15-8-10-28-13-15/h4-6,8,10-11,13,17H,3,7,9,12H2,1-2H3,(H,21,25)(H,22,23). The molecule has 1 atom stereocenters. The molecule has 2 N–H and O–H groups in total. The Morgan fingerprint density at radius 2 is 2.04 bits per heavy atom. The summed E-state index contributed by atoms with van der Waals surface area (Å²) in [6.07, 6.45) is 0.104. The van der Waals surface area contributed by atoms with Crippen LogP contribution in [0.4, 0.5) is 0 Å². The van der Waals surface area contributed by atoms with Crippen LogP contribution in [0.2, 0.25) is 0 Å². The fraction of sp³-hybridized carbons (Fsp3) is 0.350. The van der Waals surface area contributed by atoms with Gasteiger partial charge in [0.1, 0.15) is 5.75 Å². The monoisotopic (exact) mass is 404 g/mol. The normalized spacial score (nSPS) is 11.4. The van der Waals surface area contributed by atoms with Crippen LogP contribution in [0.25, 0.3) is 0 Å². The number of amides is 2. The van der Waals surface area contributed by atoms with E-state index in [0.717, 1.165) is 5.56 Å². The van der Waals surface area contributed by atoms with Crippen molar-refractivity contribution in [2.75, 3.05) is 20.3 Å². The van der Waals surface area contributed by atoms with Gasteiger partial charge in [-0.05, 0) is 36.1 Å². The number of rotatable bonds is 10. The number of methoxy groups -OCH3 is 1. The van der Waals surface area contributed by atoms with Gasteiger partial charge < -0.3 is 20.1 Å². The van der Waals surface area contributed by atoms with Crippen LogP contribution >= 0.6 is 11.3 Å². The Hall–Kier alpha value is -2.87. The van der Waals surface area contributed by atoms with Crippen molar-refractivity contribution in [3.8, 4) is 5.75 Å². The first-order valence-electron chi connectivity index (χ1n) is 8.92. The highest BCUT2D eigenvalue weighted by Crippen LogP contribution is 2.22. The summed E-state index contributed by atoms with van der Waals surface area (Å²) in [6, 6.07) is 8.33. The average molecular weight is 404 g/mol. The van der Waals surface area contributed by atoms with E-state index < -0.39 is 12.0 Å². The predicted octanol–water partition coefficient (Wildman–Crippen LogP) is 2.69. The number of nitrogens with one attached hydrogen (secondary N) is 2. The zero-order valence-corrected chi connectivity index (χ0v) is 16.7. The molecule has 0 spiro atoms. The fourth-order valence-corrected chi connectivity index (χ4v) is 3.18. The van der Waals surface area contributed by atoms with Crippen LogP contribution in [-0.4, -0.2) is 38.0 Å². The molecule has 8 heteroatoms. The van der Waals surface area contributed by atoms with Crippen LogP contribution in [0.1, 0.15) is 41.7 Å². The summed E-state index contributed by atoms with van der Waals surface area (Å²) >= 11 is 1.43. The van der Waals surface area contributed by atoms with E-state index in [1.165, 1.54) is 11.3 Å². The SMILES string of the molecule is CCOC(=O)CC(NC(=O)CCNC(=O)c1ccsc1)c1cccc(OC)c1. The third-order valence-electron chi connectivity index (χ3n) is 3.93. The molecule has 0 saturated carbocycles. The fourth-order valence-electron chi connectivity index (χ4n) is 2.55. The van der Waals surface area contributed by atoms with Crippen LogP contribution < -0.4 is 15.4 Å². The molecule has 2 amide bonds. The molecule has 1 unspecified atom stereocenters. The molecule has 1 aromatic heterocycles. The van der Waals surface area contributed by atoms with Gasteiger partial charge in [-0.2, -0.15) is 11.3 Å². The number of hydrogen-bond donors (Lipinski definition) is 2. The molecule has 0 radical (unpaired) electrons. The molecule has 0 aliphatic heterocycles. The number of carbonyl (C=O) groups is 3.